The summed E-state index contributed by atoms with van der Waals surface area (Å²) in [5.41, 5.74) is 1.01. The molecule has 2 amide bonds. The highest BCUT2D eigenvalue weighted by Crippen LogP contribution is 2.28. The first kappa shape index (κ1) is 22.9. The van der Waals surface area contributed by atoms with Gasteiger partial charge < -0.3 is 25.2 Å². The number of nitrogens with zero attached hydrogens (tertiary/aromatic N) is 3. The average Bonchev–Trinajstić information content (AvgIpc) is 3.02. The van der Waals surface area contributed by atoms with Crippen LogP contribution in [0.3, 0.4) is 0 Å². The van der Waals surface area contributed by atoms with E-state index in [9.17, 15) is 14.7 Å². The Balaban J connectivity index is 1.64. The number of carbonyl (C=O) groups excluding carboxylic acids is 2. The van der Waals surface area contributed by atoms with Gasteiger partial charge in [0.1, 0.15) is 17.3 Å². The minimum Gasteiger partial charge on any atom is -0.506 e. The van der Waals surface area contributed by atoms with Crippen LogP contribution in [-0.2, 0) is 18.4 Å². The van der Waals surface area contributed by atoms with Gasteiger partial charge in [0, 0.05) is 31.2 Å². The number of benzene rings is 1. The number of rotatable bonds is 7. The van der Waals surface area contributed by atoms with Gasteiger partial charge >= 0.3 is 0 Å². The second-order valence-corrected chi connectivity index (χ2v) is 14.1. The molecule has 0 saturated carbocycles. The minimum atomic E-state index is -1.68. The normalized spacial score (nSPS) is 14.2. The second kappa shape index (κ2) is 8.76. The number of nitrogens with one attached hydrogen (secondary N) is 2. The molecule has 1 aliphatic rings. The van der Waals surface area contributed by atoms with E-state index in [0.29, 0.717) is 41.9 Å². The molecule has 1 aromatic carbocycles. The summed E-state index contributed by atoms with van der Waals surface area (Å²) in [5, 5.41) is 18.0. The molecule has 2 aromatic rings. The van der Waals surface area contributed by atoms with Crippen molar-refractivity contribution < 1.29 is 14.7 Å². The summed E-state index contributed by atoms with van der Waals surface area (Å²) in [6.45, 7) is 11.3. The van der Waals surface area contributed by atoms with Crippen LogP contribution in [0.25, 0.3) is 0 Å². The maximum atomic E-state index is 12.6. The number of anilines is 1. The molecular weight excluding hydrogens is 434 g/mol. The van der Waals surface area contributed by atoms with Crippen LogP contribution in [0.2, 0.25) is 24.7 Å². The fourth-order valence-corrected chi connectivity index (χ4v) is 5.79. The number of likely N-dealkylation sites (tertiary alicyclic amines) is 1. The van der Waals surface area contributed by atoms with Gasteiger partial charge in [-0.15, -0.1) is 0 Å². The highest BCUT2D eigenvalue weighted by Gasteiger charge is 2.31. The molecule has 8 nitrogen and oxygen atoms in total. The number of phenolic OH excluding ortho intramolecular Hbond substituents is 1. The van der Waals surface area contributed by atoms with E-state index < -0.39 is 8.07 Å². The molecule has 0 atom stereocenters. The fraction of sp³-hybridized carbons (Fsp3) is 0.381. The zero-order valence-electron chi connectivity index (χ0n) is 18.2. The van der Waals surface area contributed by atoms with Gasteiger partial charge in [-0.05, 0) is 17.3 Å². The van der Waals surface area contributed by atoms with Crippen LogP contribution >= 0.6 is 11.6 Å². The van der Waals surface area contributed by atoms with E-state index in [1.807, 2.05) is 6.07 Å². The van der Waals surface area contributed by atoms with Crippen LogP contribution in [0.15, 0.2) is 31.0 Å². The number of aromatic nitrogens is 2. The molecule has 3 N–H and O–H groups in total. The van der Waals surface area contributed by atoms with Crippen molar-refractivity contribution in [2.75, 3.05) is 18.4 Å². The predicted octanol–water partition coefficient (Wildman–Crippen LogP) is 2.06. The first-order valence-corrected chi connectivity index (χ1v) is 13.9. The van der Waals surface area contributed by atoms with Crippen molar-refractivity contribution in [3.8, 4) is 5.75 Å². The van der Waals surface area contributed by atoms with Crippen LogP contribution in [0.1, 0.15) is 16.3 Å². The van der Waals surface area contributed by atoms with Crippen molar-refractivity contribution in [3.63, 3.8) is 0 Å². The standard InChI is InChI=1S/C21H28ClN5O3Si/c1-6-20(29)27-11-13(12-27)25-21(30)16-9-24-19(26(16)2)10-23-15-8-18(31(3,4)5)14(22)7-17(15)28/h6-9,13,23,28H,1,10-12H2,2-5H3,(H,25,30). The van der Waals surface area contributed by atoms with E-state index in [2.05, 4.69) is 41.8 Å². The summed E-state index contributed by atoms with van der Waals surface area (Å²) >= 11 is 6.32. The van der Waals surface area contributed by atoms with Crippen molar-refractivity contribution in [1.82, 2.24) is 19.8 Å². The van der Waals surface area contributed by atoms with Crippen LogP contribution < -0.4 is 15.8 Å². The van der Waals surface area contributed by atoms with E-state index in [1.54, 1.807) is 22.6 Å². The van der Waals surface area contributed by atoms with Gasteiger partial charge in [0.25, 0.3) is 5.91 Å². The average molecular weight is 462 g/mol. The predicted molar refractivity (Wildman–Crippen MR) is 125 cm³/mol. The van der Waals surface area contributed by atoms with E-state index in [4.69, 9.17) is 11.6 Å². The van der Waals surface area contributed by atoms with Crippen LogP contribution in [-0.4, -0.2) is 58.6 Å². The topological polar surface area (TPSA) is 99.5 Å². The SMILES string of the molecule is C=CC(=O)N1CC(NC(=O)c2cnc(CNc3cc([Si](C)(C)C)c(Cl)cc3O)n2C)C1. The quantitative estimate of drug-likeness (QED) is 0.333. The summed E-state index contributed by atoms with van der Waals surface area (Å²) in [5.74, 6) is 0.336. The van der Waals surface area contributed by atoms with Crippen molar-refractivity contribution in [3.05, 3.63) is 47.5 Å². The lowest BCUT2D eigenvalue weighted by molar-refractivity contribution is -0.130. The third-order valence-electron chi connectivity index (χ3n) is 5.35. The molecule has 0 unspecified atom stereocenters. The molecule has 1 aliphatic heterocycles. The molecule has 3 rings (SSSR count). The van der Waals surface area contributed by atoms with Gasteiger partial charge in [-0.1, -0.05) is 37.8 Å². The van der Waals surface area contributed by atoms with E-state index in [1.165, 1.54) is 12.3 Å². The zero-order chi connectivity index (χ0) is 22.9. The first-order valence-electron chi connectivity index (χ1n) is 10.0. The highest BCUT2D eigenvalue weighted by molar-refractivity contribution is 6.90. The molecule has 10 heteroatoms. The van der Waals surface area contributed by atoms with Crippen LogP contribution in [0, 0.1) is 0 Å². The smallest absolute Gasteiger partial charge is 0.269 e. The first-order chi connectivity index (χ1) is 14.5. The molecule has 1 saturated heterocycles. The maximum Gasteiger partial charge on any atom is 0.269 e. The van der Waals surface area contributed by atoms with Crippen molar-refractivity contribution >= 4 is 42.4 Å². The summed E-state index contributed by atoms with van der Waals surface area (Å²) < 4.78 is 1.71. The van der Waals surface area contributed by atoms with Gasteiger partial charge in [0.05, 0.1) is 32.5 Å². The summed E-state index contributed by atoms with van der Waals surface area (Å²) in [6, 6.07) is 3.38. The van der Waals surface area contributed by atoms with Gasteiger partial charge in [-0.25, -0.2) is 4.98 Å². The largest absolute Gasteiger partial charge is 0.506 e. The lowest BCUT2D eigenvalue weighted by Crippen LogP contribution is -2.60. The number of carbonyl (C=O) groups is 2. The molecule has 1 fully saturated rings. The molecule has 2 heterocycles. The second-order valence-electron chi connectivity index (χ2n) is 8.69. The van der Waals surface area contributed by atoms with Crippen molar-refractivity contribution in [2.45, 2.75) is 32.2 Å². The summed E-state index contributed by atoms with van der Waals surface area (Å²) in [4.78, 5) is 30.0. The Bertz CT molecular complexity index is 1020. The molecule has 0 radical (unpaired) electrons. The van der Waals surface area contributed by atoms with Crippen molar-refractivity contribution in [2.24, 2.45) is 7.05 Å². The van der Waals surface area contributed by atoms with Crippen molar-refractivity contribution in [1.29, 1.82) is 0 Å². The zero-order valence-corrected chi connectivity index (χ0v) is 20.0. The summed E-state index contributed by atoms with van der Waals surface area (Å²) in [6.07, 6.45) is 2.79. The molecule has 166 valence electrons. The maximum absolute atomic E-state index is 12.6. The highest BCUT2D eigenvalue weighted by atomic mass is 35.5. The molecule has 0 spiro atoms. The molecule has 0 bridgehead atoms. The Morgan fingerprint density at radius 3 is 2.65 bits per heavy atom. The molecular formula is C21H28ClN5O3Si. The number of amides is 2. The minimum absolute atomic E-state index is 0.0720. The van der Waals surface area contributed by atoms with Gasteiger partial charge in [-0.3, -0.25) is 9.59 Å². The Morgan fingerprint density at radius 2 is 2.03 bits per heavy atom. The molecule has 0 aliphatic carbocycles. The number of phenols is 1. The van der Waals surface area contributed by atoms with E-state index in [0.717, 1.165) is 5.19 Å². The fourth-order valence-electron chi connectivity index (χ4n) is 3.41. The van der Waals surface area contributed by atoms with E-state index >= 15 is 0 Å². The number of hydrogen-bond donors (Lipinski definition) is 3. The Morgan fingerprint density at radius 1 is 1.35 bits per heavy atom. The Labute approximate surface area is 187 Å². The lowest BCUT2D eigenvalue weighted by Gasteiger charge is -2.38. The Hall–Kier alpha value is -2.78. The van der Waals surface area contributed by atoms with Crippen LogP contribution in [0.4, 0.5) is 5.69 Å². The van der Waals surface area contributed by atoms with E-state index in [-0.39, 0.29) is 23.6 Å². The van der Waals surface area contributed by atoms with Gasteiger partial charge in [0.2, 0.25) is 5.91 Å². The summed E-state index contributed by atoms with van der Waals surface area (Å²) in [7, 11) is 0.0888. The lowest BCUT2D eigenvalue weighted by atomic mass is 10.1. The number of hydrogen-bond acceptors (Lipinski definition) is 5. The molecule has 1 aromatic heterocycles. The van der Waals surface area contributed by atoms with Gasteiger partial charge in [-0.2, -0.15) is 0 Å². The number of halogens is 1. The monoisotopic (exact) mass is 461 g/mol. The molecule has 31 heavy (non-hydrogen) atoms. The third kappa shape index (κ3) is 4.94. The Kier molecular flexibility index (Phi) is 6.47. The number of imidazole rings is 1. The third-order valence-corrected chi connectivity index (χ3v) is 7.85. The van der Waals surface area contributed by atoms with Gasteiger partial charge in [0.15, 0.2) is 0 Å². The number of aromatic hydroxyl groups is 1. The van der Waals surface area contributed by atoms with Crippen LogP contribution in [0.5, 0.6) is 5.75 Å².